The Bertz CT molecular complexity index is 1420. The van der Waals surface area contributed by atoms with E-state index in [1.165, 1.54) is 38.4 Å². The van der Waals surface area contributed by atoms with Gasteiger partial charge in [-0.25, -0.2) is 0 Å². The molecule has 1 saturated heterocycles. The van der Waals surface area contributed by atoms with Crippen LogP contribution in [0.4, 0.5) is 5.69 Å². The fourth-order valence-electron chi connectivity index (χ4n) is 4.39. The molecule has 1 unspecified atom stereocenters. The number of hydrogen-bond donors (Lipinski definition) is 1. The number of halogens is 1. The van der Waals surface area contributed by atoms with E-state index in [0.29, 0.717) is 28.5 Å². The Kier molecular flexibility index (Phi) is 7.83. The van der Waals surface area contributed by atoms with Crippen molar-refractivity contribution in [3.63, 3.8) is 0 Å². The zero-order chi connectivity index (χ0) is 27.6. The van der Waals surface area contributed by atoms with Crippen LogP contribution >= 0.6 is 11.6 Å². The number of anilines is 1. The number of aliphatic hydroxyl groups excluding tert-OH is 1. The van der Waals surface area contributed by atoms with Gasteiger partial charge in [-0.2, -0.15) is 0 Å². The highest BCUT2D eigenvalue weighted by Crippen LogP contribution is 2.45. The van der Waals surface area contributed by atoms with Crippen LogP contribution in [0.15, 0.2) is 66.2 Å². The largest absolute Gasteiger partial charge is 0.507 e. The number of benzene rings is 3. The van der Waals surface area contributed by atoms with E-state index in [2.05, 4.69) is 0 Å². The van der Waals surface area contributed by atoms with Crippen LogP contribution in [0.1, 0.15) is 31.0 Å². The highest BCUT2D eigenvalue weighted by Gasteiger charge is 2.47. The van der Waals surface area contributed by atoms with Gasteiger partial charge in [0.05, 0.1) is 49.6 Å². The first-order chi connectivity index (χ1) is 18.2. The molecule has 1 fully saturated rings. The number of nitrogens with zero attached hydrogens (tertiary/aromatic N) is 1. The summed E-state index contributed by atoms with van der Waals surface area (Å²) in [5, 5.41) is 11.8. The van der Waals surface area contributed by atoms with Crippen LogP contribution in [0.3, 0.4) is 0 Å². The third-order valence-electron chi connectivity index (χ3n) is 6.05. The summed E-state index contributed by atoms with van der Waals surface area (Å²) < 4.78 is 21.9. The molecule has 0 aliphatic carbocycles. The van der Waals surface area contributed by atoms with Gasteiger partial charge >= 0.3 is 0 Å². The smallest absolute Gasteiger partial charge is 0.300 e. The van der Waals surface area contributed by atoms with Crippen LogP contribution in [-0.4, -0.2) is 44.2 Å². The minimum atomic E-state index is -0.983. The zero-order valence-corrected chi connectivity index (χ0v) is 22.4. The van der Waals surface area contributed by atoms with Gasteiger partial charge in [0.25, 0.3) is 11.7 Å². The highest BCUT2D eigenvalue weighted by atomic mass is 35.5. The second-order valence-corrected chi connectivity index (χ2v) is 9.20. The van der Waals surface area contributed by atoms with E-state index in [9.17, 15) is 14.7 Å². The lowest BCUT2D eigenvalue weighted by molar-refractivity contribution is -0.132. The lowest BCUT2D eigenvalue weighted by Crippen LogP contribution is -2.29. The van der Waals surface area contributed by atoms with E-state index in [1.54, 1.807) is 48.5 Å². The quantitative estimate of drug-likeness (QED) is 0.221. The molecule has 0 radical (unpaired) electrons. The Labute approximate surface area is 225 Å². The first-order valence-electron chi connectivity index (χ1n) is 11.8. The minimum Gasteiger partial charge on any atom is -0.507 e. The summed E-state index contributed by atoms with van der Waals surface area (Å²) in [5.41, 5.74) is 0.997. The van der Waals surface area contributed by atoms with Crippen LogP contribution in [0.2, 0.25) is 5.02 Å². The standard InChI is InChI=1S/C29H28ClNO7/c1-16(2)38-20-11-6-8-17(12-20)26-25(27(32)21-14-22(30)24(37-5)15-23(21)36-4)28(33)29(34)31(26)18-9-7-10-19(13-18)35-3/h6-16,26,32H,1-5H3/b27-25+. The van der Waals surface area contributed by atoms with E-state index in [4.69, 9.17) is 30.5 Å². The Balaban J connectivity index is 1.99. The van der Waals surface area contributed by atoms with Gasteiger partial charge in [0.1, 0.15) is 28.8 Å². The van der Waals surface area contributed by atoms with E-state index >= 15 is 0 Å². The normalized spacial score (nSPS) is 16.6. The number of carbonyl (C=O) groups excluding carboxylic acids is 2. The number of ketones is 1. The molecule has 1 aliphatic heterocycles. The van der Waals surface area contributed by atoms with Gasteiger partial charge < -0.3 is 24.1 Å². The molecular formula is C29H28ClNO7. The van der Waals surface area contributed by atoms with Crippen LogP contribution < -0.4 is 23.8 Å². The summed E-state index contributed by atoms with van der Waals surface area (Å²) in [4.78, 5) is 28.4. The number of ether oxygens (including phenoxy) is 4. The molecule has 198 valence electrons. The minimum absolute atomic E-state index is 0.0966. The first-order valence-corrected chi connectivity index (χ1v) is 12.2. The monoisotopic (exact) mass is 537 g/mol. The second kappa shape index (κ2) is 11.1. The average molecular weight is 538 g/mol. The fraction of sp³-hybridized carbons (Fsp3) is 0.241. The van der Waals surface area contributed by atoms with Crippen LogP contribution in [0.5, 0.6) is 23.0 Å². The van der Waals surface area contributed by atoms with Crippen molar-refractivity contribution in [3.8, 4) is 23.0 Å². The van der Waals surface area contributed by atoms with Gasteiger partial charge in [0.2, 0.25) is 0 Å². The Morgan fingerprint density at radius 2 is 1.58 bits per heavy atom. The first kappa shape index (κ1) is 26.9. The SMILES string of the molecule is COc1cccc(N2C(=O)C(=O)/C(=C(/O)c3cc(Cl)c(OC)cc3OC)C2c2cccc(OC(C)C)c2)c1. The Morgan fingerprint density at radius 3 is 2.24 bits per heavy atom. The molecule has 3 aromatic rings. The molecule has 1 N–H and O–H groups in total. The van der Waals surface area contributed by atoms with Gasteiger partial charge in [-0.3, -0.25) is 14.5 Å². The molecule has 1 amide bonds. The average Bonchev–Trinajstić information content (AvgIpc) is 3.18. The van der Waals surface area contributed by atoms with Crippen LogP contribution in [0.25, 0.3) is 5.76 Å². The summed E-state index contributed by atoms with van der Waals surface area (Å²) in [5.74, 6) is -0.505. The summed E-state index contributed by atoms with van der Waals surface area (Å²) in [6.07, 6.45) is -0.0966. The molecule has 38 heavy (non-hydrogen) atoms. The van der Waals surface area contributed by atoms with E-state index in [1.807, 2.05) is 13.8 Å². The molecule has 4 rings (SSSR count). The molecule has 1 aliphatic rings. The van der Waals surface area contributed by atoms with Crippen LogP contribution in [0, 0.1) is 0 Å². The molecule has 1 atom stereocenters. The van der Waals surface area contributed by atoms with Gasteiger partial charge in [0.15, 0.2) is 0 Å². The Morgan fingerprint density at radius 1 is 0.895 bits per heavy atom. The maximum absolute atomic E-state index is 13.5. The molecular weight excluding hydrogens is 510 g/mol. The lowest BCUT2D eigenvalue weighted by atomic mass is 9.94. The molecule has 9 heteroatoms. The number of amides is 1. The van der Waals surface area contributed by atoms with Crippen molar-refractivity contribution < 1.29 is 33.6 Å². The second-order valence-electron chi connectivity index (χ2n) is 8.80. The zero-order valence-electron chi connectivity index (χ0n) is 21.7. The van der Waals surface area contributed by atoms with Gasteiger partial charge in [0, 0.05) is 17.8 Å². The number of aliphatic hydroxyl groups is 1. The summed E-state index contributed by atoms with van der Waals surface area (Å²) in [7, 11) is 4.38. The number of Topliss-reactive ketones (excluding diaryl/α,β-unsaturated/α-hetero) is 1. The van der Waals surface area contributed by atoms with E-state index in [0.717, 1.165) is 0 Å². The molecule has 0 aromatic heterocycles. The third kappa shape index (κ3) is 4.99. The van der Waals surface area contributed by atoms with Crippen molar-refractivity contribution in [2.24, 2.45) is 0 Å². The molecule has 1 heterocycles. The molecule has 0 saturated carbocycles. The van der Waals surface area contributed by atoms with Crippen molar-refractivity contribution in [1.29, 1.82) is 0 Å². The van der Waals surface area contributed by atoms with Crippen molar-refractivity contribution >= 4 is 34.7 Å². The Hall–Kier alpha value is -4.17. The predicted molar refractivity (Wildman–Crippen MR) is 145 cm³/mol. The van der Waals surface area contributed by atoms with Gasteiger partial charge in [-0.15, -0.1) is 0 Å². The maximum atomic E-state index is 13.5. The molecule has 3 aromatic carbocycles. The third-order valence-corrected chi connectivity index (χ3v) is 6.35. The van der Waals surface area contributed by atoms with Crippen LogP contribution in [-0.2, 0) is 9.59 Å². The number of methoxy groups -OCH3 is 3. The van der Waals surface area contributed by atoms with Gasteiger partial charge in [-0.1, -0.05) is 29.8 Å². The number of rotatable bonds is 8. The van der Waals surface area contributed by atoms with E-state index in [-0.39, 0.29) is 28.0 Å². The summed E-state index contributed by atoms with van der Waals surface area (Å²) >= 11 is 6.35. The van der Waals surface area contributed by atoms with Gasteiger partial charge in [-0.05, 0) is 49.7 Å². The van der Waals surface area contributed by atoms with Crippen molar-refractivity contribution in [3.05, 3.63) is 82.4 Å². The topological polar surface area (TPSA) is 94.5 Å². The predicted octanol–water partition coefficient (Wildman–Crippen LogP) is 5.78. The van der Waals surface area contributed by atoms with Crippen molar-refractivity contribution in [2.45, 2.75) is 26.0 Å². The summed E-state index contributed by atoms with van der Waals surface area (Å²) in [6, 6.07) is 15.8. The summed E-state index contributed by atoms with van der Waals surface area (Å²) in [6.45, 7) is 3.80. The highest BCUT2D eigenvalue weighted by molar-refractivity contribution is 6.51. The van der Waals surface area contributed by atoms with Crippen molar-refractivity contribution in [1.82, 2.24) is 0 Å². The van der Waals surface area contributed by atoms with E-state index < -0.39 is 23.5 Å². The molecule has 0 bridgehead atoms. The maximum Gasteiger partial charge on any atom is 0.300 e. The number of carbonyl (C=O) groups is 2. The molecule has 0 spiro atoms. The van der Waals surface area contributed by atoms with Crippen molar-refractivity contribution in [2.75, 3.05) is 26.2 Å². The lowest BCUT2D eigenvalue weighted by Gasteiger charge is -2.26. The fourth-order valence-corrected chi connectivity index (χ4v) is 4.64. The number of hydrogen-bond acceptors (Lipinski definition) is 7. The molecule has 8 nitrogen and oxygen atoms in total.